The Hall–Kier alpha value is -1.83. The van der Waals surface area contributed by atoms with Crippen LogP contribution in [0.2, 0.25) is 0 Å². The number of hydrogen-bond acceptors (Lipinski definition) is 2. The fraction of sp³-hybridized carbons (Fsp3) is 0.421. The molecular weight excluding hydrogens is 258 g/mol. The molecule has 0 bridgehead atoms. The lowest BCUT2D eigenvalue weighted by atomic mass is 10.0. The van der Waals surface area contributed by atoms with E-state index in [9.17, 15) is 4.79 Å². The predicted molar refractivity (Wildman–Crippen MR) is 88.7 cm³/mol. The van der Waals surface area contributed by atoms with Crippen LogP contribution in [0.5, 0.6) is 0 Å². The van der Waals surface area contributed by atoms with Crippen molar-refractivity contribution >= 4 is 5.78 Å². The fourth-order valence-electron chi connectivity index (χ4n) is 2.52. The van der Waals surface area contributed by atoms with Crippen LogP contribution in [-0.2, 0) is 4.79 Å². The summed E-state index contributed by atoms with van der Waals surface area (Å²) in [6, 6.07) is 0. The summed E-state index contributed by atoms with van der Waals surface area (Å²) < 4.78 is 0. The van der Waals surface area contributed by atoms with E-state index in [-0.39, 0.29) is 5.78 Å². The first-order valence-electron chi connectivity index (χ1n) is 8.06. The van der Waals surface area contributed by atoms with Gasteiger partial charge in [0.05, 0.1) is 0 Å². The van der Waals surface area contributed by atoms with Gasteiger partial charge in [-0.05, 0) is 41.9 Å². The molecule has 1 aliphatic heterocycles. The zero-order chi connectivity index (χ0) is 14.9. The van der Waals surface area contributed by atoms with Crippen LogP contribution in [0.15, 0.2) is 60.0 Å². The van der Waals surface area contributed by atoms with Crippen molar-refractivity contribution < 1.29 is 4.79 Å². The number of unbranched alkanes of at least 4 members (excludes halogenated alkanes) is 5. The van der Waals surface area contributed by atoms with Crippen molar-refractivity contribution in [2.24, 2.45) is 0 Å². The van der Waals surface area contributed by atoms with Gasteiger partial charge in [-0.25, -0.2) is 0 Å². The number of hydrogen-bond donors (Lipinski definition) is 0. The van der Waals surface area contributed by atoms with Crippen LogP contribution in [-0.4, -0.2) is 17.2 Å². The molecule has 0 fully saturated rings. The summed E-state index contributed by atoms with van der Waals surface area (Å²) in [4.78, 5) is 13.4. The minimum atomic E-state index is 0.0628. The largest absolute Gasteiger partial charge is 0.354 e. The lowest BCUT2D eigenvalue weighted by Gasteiger charge is -2.19. The van der Waals surface area contributed by atoms with Crippen molar-refractivity contribution in [2.75, 3.05) is 6.54 Å². The van der Waals surface area contributed by atoms with E-state index in [1.807, 2.05) is 12.2 Å². The monoisotopic (exact) mass is 283 g/mol. The highest BCUT2D eigenvalue weighted by Gasteiger charge is 2.06. The van der Waals surface area contributed by atoms with Crippen LogP contribution in [0, 0.1) is 0 Å². The molecule has 2 nitrogen and oxygen atoms in total. The molecule has 0 N–H and O–H groups in total. The molecule has 0 saturated carbocycles. The molecule has 21 heavy (non-hydrogen) atoms. The molecule has 0 spiro atoms. The second-order valence-electron chi connectivity index (χ2n) is 5.62. The van der Waals surface area contributed by atoms with Gasteiger partial charge in [-0.1, -0.05) is 51.2 Å². The third kappa shape index (κ3) is 5.22. The SMILES string of the molecule is CCCCCCCCN1C=CC(=C2C=CC(=O)C=C2)C=C1. The van der Waals surface area contributed by atoms with Crippen molar-refractivity contribution in [3.8, 4) is 0 Å². The van der Waals surface area contributed by atoms with E-state index in [1.165, 1.54) is 38.5 Å². The molecule has 0 amide bonds. The molecular formula is C19H25NO. The lowest BCUT2D eigenvalue weighted by molar-refractivity contribution is -0.110. The Morgan fingerprint density at radius 2 is 1.33 bits per heavy atom. The Labute approximate surface area is 128 Å². The van der Waals surface area contributed by atoms with E-state index in [2.05, 4.69) is 36.4 Å². The molecule has 0 aromatic rings. The van der Waals surface area contributed by atoms with E-state index < -0.39 is 0 Å². The number of nitrogens with zero attached hydrogens (tertiary/aromatic N) is 1. The first-order chi connectivity index (χ1) is 10.3. The van der Waals surface area contributed by atoms with E-state index in [0.717, 1.165) is 17.7 Å². The van der Waals surface area contributed by atoms with Crippen LogP contribution in [0.25, 0.3) is 0 Å². The fourth-order valence-corrected chi connectivity index (χ4v) is 2.52. The van der Waals surface area contributed by atoms with Crippen molar-refractivity contribution in [3.05, 3.63) is 60.0 Å². The topological polar surface area (TPSA) is 20.3 Å². The highest BCUT2D eigenvalue weighted by atomic mass is 16.1. The highest BCUT2D eigenvalue weighted by molar-refractivity contribution is 6.01. The summed E-state index contributed by atoms with van der Waals surface area (Å²) in [5, 5.41) is 0. The van der Waals surface area contributed by atoms with E-state index in [1.54, 1.807) is 12.2 Å². The molecule has 112 valence electrons. The van der Waals surface area contributed by atoms with Crippen molar-refractivity contribution in [1.29, 1.82) is 0 Å². The standard InChI is InChI=1S/C19H25NO/c1-2-3-4-5-6-7-14-20-15-12-18(13-16-20)17-8-10-19(21)11-9-17/h8-13,15-16H,2-7,14H2,1H3. The van der Waals surface area contributed by atoms with Gasteiger partial charge in [-0.15, -0.1) is 0 Å². The van der Waals surface area contributed by atoms with Gasteiger partial charge in [0.15, 0.2) is 5.78 Å². The molecule has 0 radical (unpaired) electrons. The highest BCUT2D eigenvalue weighted by Crippen LogP contribution is 2.18. The molecule has 0 aromatic carbocycles. The third-order valence-electron chi connectivity index (χ3n) is 3.85. The first-order valence-corrected chi connectivity index (χ1v) is 8.06. The number of carbonyl (C=O) groups excluding carboxylic acids is 1. The number of carbonyl (C=O) groups is 1. The summed E-state index contributed by atoms with van der Waals surface area (Å²) >= 11 is 0. The first kappa shape index (κ1) is 15.6. The molecule has 2 heteroatoms. The maximum Gasteiger partial charge on any atom is 0.178 e. The molecule has 2 rings (SSSR count). The van der Waals surface area contributed by atoms with Crippen molar-refractivity contribution in [2.45, 2.75) is 45.4 Å². The van der Waals surface area contributed by atoms with Crippen LogP contribution in [0.4, 0.5) is 0 Å². The van der Waals surface area contributed by atoms with Gasteiger partial charge in [-0.3, -0.25) is 4.79 Å². The Morgan fingerprint density at radius 1 is 0.762 bits per heavy atom. The molecule has 1 aliphatic carbocycles. The van der Waals surface area contributed by atoms with Gasteiger partial charge in [0.2, 0.25) is 0 Å². The van der Waals surface area contributed by atoms with Crippen LogP contribution >= 0.6 is 0 Å². The second-order valence-corrected chi connectivity index (χ2v) is 5.62. The zero-order valence-electron chi connectivity index (χ0n) is 12.9. The third-order valence-corrected chi connectivity index (χ3v) is 3.85. The minimum absolute atomic E-state index is 0.0628. The van der Waals surface area contributed by atoms with Gasteiger partial charge in [0, 0.05) is 18.9 Å². The van der Waals surface area contributed by atoms with Gasteiger partial charge in [0.25, 0.3) is 0 Å². The summed E-state index contributed by atoms with van der Waals surface area (Å²) in [7, 11) is 0. The quantitative estimate of drug-likeness (QED) is 0.632. The van der Waals surface area contributed by atoms with Gasteiger partial charge < -0.3 is 4.90 Å². The van der Waals surface area contributed by atoms with Crippen molar-refractivity contribution in [1.82, 2.24) is 4.90 Å². The molecule has 0 saturated heterocycles. The maximum absolute atomic E-state index is 11.1. The maximum atomic E-state index is 11.1. The molecule has 2 aliphatic rings. The number of allylic oxidation sites excluding steroid dienone is 8. The molecule has 0 unspecified atom stereocenters. The predicted octanol–water partition coefficient (Wildman–Crippen LogP) is 4.68. The Balaban J connectivity index is 1.74. The van der Waals surface area contributed by atoms with Crippen molar-refractivity contribution in [3.63, 3.8) is 0 Å². The summed E-state index contributed by atoms with van der Waals surface area (Å²) in [6.45, 7) is 3.34. The summed E-state index contributed by atoms with van der Waals surface area (Å²) in [5.74, 6) is 0.0628. The van der Waals surface area contributed by atoms with E-state index in [4.69, 9.17) is 0 Å². The van der Waals surface area contributed by atoms with Crippen LogP contribution < -0.4 is 0 Å². The van der Waals surface area contributed by atoms with E-state index >= 15 is 0 Å². The second kappa shape index (κ2) is 8.46. The lowest BCUT2D eigenvalue weighted by Crippen LogP contribution is -2.13. The van der Waals surface area contributed by atoms with Gasteiger partial charge >= 0.3 is 0 Å². The Bertz CT molecular complexity index is 472. The average molecular weight is 283 g/mol. The summed E-state index contributed by atoms with van der Waals surface area (Å²) in [6.07, 6.45) is 23.5. The Kier molecular flexibility index (Phi) is 6.26. The molecule has 0 aromatic heterocycles. The van der Waals surface area contributed by atoms with Crippen LogP contribution in [0.1, 0.15) is 45.4 Å². The van der Waals surface area contributed by atoms with Gasteiger partial charge in [0.1, 0.15) is 0 Å². The minimum Gasteiger partial charge on any atom is -0.354 e. The zero-order valence-corrected chi connectivity index (χ0v) is 12.9. The normalized spacial score (nSPS) is 17.2. The molecule has 0 atom stereocenters. The number of rotatable bonds is 7. The van der Waals surface area contributed by atoms with Crippen LogP contribution in [0.3, 0.4) is 0 Å². The smallest absolute Gasteiger partial charge is 0.178 e. The van der Waals surface area contributed by atoms with E-state index in [0.29, 0.717) is 0 Å². The summed E-state index contributed by atoms with van der Waals surface area (Å²) in [5.41, 5.74) is 2.26. The average Bonchev–Trinajstić information content (AvgIpc) is 2.52. The number of ketones is 1. The van der Waals surface area contributed by atoms with Gasteiger partial charge in [-0.2, -0.15) is 0 Å². The molecule has 1 heterocycles. The Morgan fingerprint density at radius 3 is 2.00 bits per heavy atom.